The molecule has 0 spiro atoms. The fraction of sp³-hybridized carbons (Fsp3) is 0.600. The van der Waals surface area contributed by atoms with Gasteiger partial charge in [-0.25, -0.2) is 0 Å². The average molecular weight is 375 g/mol. The quantitative estimate of drug-likeness (QED) is 0.771. The molecular weight excluding hydrogens is 353 g/mol. The average Bonchev–Trinajstić information content (AvgIpc) is 2.40. The molecule has 1 aliphatic carbocycles. The monoisotopic (exact) mass is 375 g/mol. The Morgan fingerprint density at radius 3 is 2.33 bits per heavy atom. The van der Waals surface area contributed by atoms with Crippen molar-refractivity contribution in [2.45, 2.75) is 49.9 Å². The third kappa shape index (κ3) is 4.14. The number of hydrogen-bond donors (Lipinski definition) is 1. The molecule has 0 radical (unpaired) electrons. The number of hydrogen-bond acceptors (Lipinski definition) is 2. The van der Waals surface area contributed by atoms with E-state index in [2.05, 4.69) is 65.4 Å². The van der Waals surface area contributed by atoms with Crippen LogP contribution in [0.4, 0.5) is 0 Å². The molecule has 3 heteroatoms. The predicted molar refractivity (Wildman–Crippen MR) is 90.3 cm³/mol. The van der Waals surface area contributed by atoms with E-state index in [0.717, 1.165) is 5.25 Å². The van der Waals surface area contributed by atoms with Crippen molar-refractivity contribution in [3.8, 4) is 0 Å². The Hall–Kier alpha value is 0.260. The number of benzene rings is 1. The van der Waals surface area contributed by atoms with Crippen molar-refractivity contribution in [2.75, 3.05) is 6.26 Å². The summed E-state index contributed by atoms with van der Waals surface area (Å²) in [4.78, 5) is 0. The summed E-state index contributed by atoms with van der Waals surface area (Å²) < 4.78 is 1.31. The second-order valence-electron chi connectivity index (χ2n) is 5.15. The highest BCUT2D eigenvalue weighted by molar-refractivity contribution is 14.1. The van der Waals surface area contributed by atoms with E-state index < -0.39 is 0 Å². The van der Waals surface area contributed by atoms with Crippen molar-refractivity contribution < 1.29 is 0 Å². The van der Waals surface area contributed by atoms with Crippen LogP contribution in [0, 0.1) is 3.57 Å². The van der Waals surface area contributed by atoms with Crippen LogP contribution in [-0.2, 0) is 0 Å². The summed E-state index contributed by atoms with van der Waals surface area (Å²) in [7, 11) is 0. The van der Waals surface area contributed by atoms with Gasteiger partial charge in [0.2, 0.25) is 0 Å². The molecular formula is C15H22INS. The Labute approximate surface area is 129 Å². The van der Waals surface area contributed by atoms with Crippen molar-refractivity contribution in [3.63, 3.8) is 0 Å². The first-order chi connectivity index (χ1) is 8.69. The Kier molecular flexibility index (Phi) is 5.83. The van der Waals surface area contributed by atoms with Crippen LogP contribution in [0.3, 0.4) is 0 Å². The van der Waals surface area contributed by atoms with Crippen LogP contribution in [0.1, 0.15) is 44.2 Å². The van der Waals surface area contributed by atoms with Crippen LogP contribution in [0.2, 0.25) is 0 Å². The highest BCUT2D eigenvalue weighted by atomic mass is 127. The third-order valence-electron chi connectivity index (χ3n) is 3.86. The zero-order valence-electron chi connectivity index (χ0n) is 11.2. The molecule has 1 unspecified atom stereocenters. The highest BCUT2D eigenvalue weighted by Gasteiger charge is 2.21. The Balaban J connectivity index is 1.84. The van der Waals surface area contributed by atoms with E-state index in [9.17, 15) is 0 Å². The minimum Gasteiger partial charge on any atom is -0.307 e. The molecule has 2 rings (SSSR count). The van der Waals surface area contributed by atoms with E-state index in [1.165, 1.54) is 34.8 Å². The summed E-state index contributed by atoms with van der Waals surface area (Å²) in [5.74, 6) is 0. The van der Waals surface area contributed by atoms with Gasteiger partial charge in [-0.2, -0.15) is 11.8 Å². The first-order valence-corrected chi connectivity index (χ1v) is 9.10. The fourth-order valence-electron chi connectivity index (χ4n) is 2.67. The van der Waals surface area contributed by atoms with E-state index >= 15 is 0 Å². The van der Waals surface area contributed by atoms with Crippen LogP contribution >= 0.6 is 34.4 Å². The smallest absolute Gasteiger partial charge is 0.0294 e. The van der Waals surface area contributed by atoms with E-state index in [-0.39, 0.29) is 0 Å². The molecule has 1 N–H and O–H groups in total. The Bertz CT molecular complexity index is 357. The van der Waals surface area contributed by atoms with Gasteiger partial charge in [0.15, 0.2) is 0 Å². The van der Waals surface area contributed by atoms with E-state index in [4.69, 9.17) is 0 Å². The second-order valence-corrected chi connectivity index (χ2v) is 7.53. The minimum absolute atomic E-state index is 0.470. The molecule has 1 nitrogen and oxygen atoms in total. The molecule has 0 aromatic heterocycles. The molecule has 0 saturated heterocycles. The molecule has 0 amide bonds. The van der Waals surface area contributed by atoms with Crippen LogP contribution in [0.15, 0.2) is 24.3 Å². The summed E-state index contributed by atoms with van der Waals surface area (Å²) in [5.41, 5.74) is 1.41. The fourth-order valence-corrected chi connectivity index (χ4v) is 3.77. The van der Waals surface area contributed by atoms with Crippen LogP contribution in [0.25, 0.3) is 0 Å². The van der Waals surface area contributed by atoms with E-state index in [1.807, 2.05) is 11.8 Å². The molecule has 0 bridgehead atoms. The molecule has 1 aromatic carbocycles. The highest BCUT2D eigenvalue weighted by Crippen LogP contribution is 2.28. The van der Waals surface area contributed by atoms with Crippen molar-refractivity contribution >= 4 is 34.4 Å². The van der Waals surface area contributed by atoms with Gasteiger partial charge >= 0.3 is 0 Å². The molecule has 1 fully saturated rings. The maximum absolute atomic E-state index is 3.79. The van der Waals surface area contributed by atoms with Gasteiger partial charge in [-0.15, -0.1) is 0 Å². The number of halogens is 1. The SMILES string of the molecule is CSC1CCC(NC(C)c2ccc(I)cc2)CC1. The van der Waals surface area contributed by atoms with E-state index in [0.29, 0.717) is 12.1 Å². The van der Waals surface area contributed by atoms with Gasteiger partial charge in [0.1, 0.15) is 0 Å². The lowest BCUT2D eigenvalue weighted by Gasteiger charge is -2.30. The summed E-state index contributed by atoms with van der Waals surface area (Å²) in [6.07, 6.45) is 7.66. The lowest BCUT2D eigenvalue weighted by Crippen LogP contribution is -2.35. The number of rotatable bonds is 4. The molecule has 100 valence electrons. The van der Waals surface area contributed by atoms with Crippen LogP contribution in [0.5, 0.6) is 0 Å². The van der Waals surface area contributed by atoms with Crippen LogP contribution in [-0.4, -0.2) is 17.5 Å². The lowest BCUT2D eigenvalue weighted by atomic mass is 9.94. The van der Waals surface area contributed by atoms with Gasteiger partial charge in [0.25, 0.3) is 0 Å². The summed E-state index contributed by atoms with van der Waals surface area (Å²) in [6.45, 7) is 2.28. The largest absolute Gasteiger partial charge is 0.307 e. The maximum Gasteiger partial charge on any atom is 0.0294 e. The lowest BCUT2D eigenvalue weighted by molar-refractivity contribution is 0.352. The standard InChI is InChI=1S/C15H22INS/c1-11(12-3-5-13(16)6-4-12)17-14-7-9-15(18-2)10-8-14/h3-6,11,14-15,17H,7-10H2,1-2H3. The van der Waals surface area contributed by atoms with Crippen molar-refractivity contribution in [2.24, 2.45) is 0 Å². The van der Waals surface area contributed by atoms with Crippen molar-refractivity contribution in [1.29, 1.82) is 0 Å². The predicted octanol–water partition coefficient (Wildman–Crippen LogP) is 4.62. The molecule has 0 aliphatic heterocycles. The third-order valence-corrected chi connectivity index (χ3v) is 5.72. The normalized spacial score (nSPS) is 25.9. The molecule has 1 aliphatic rings. The van der Waals surface area contributed by atoms with Gasteiger partial charge in [0.05, 0.1) is 0 Å². The first-order valence-electron chi connectivity index (χ1n) is 6.73. The topological polar surface area (TPSA) is 12.0 Å². The molecule has 1 saturated carbocycles. The minimum atomic E-state index is 0.470. The summed E-state index contributed by atoms with van der Waals surface area (Å²) in [5, 5.41) is 4.69. The summed E-state index contributed by atoms with van der Waals surface area (Å²) >= 11 is 4.39. The number of nitrogens with one attached hydrogen (secondary N) is 1. The van der Waals surface area contributed by atoms with Crippen molar-refractivity contribution in [1.82, 2.24) is 5.32 Å². The second kappa shape index (κ2) is 7.15. The molecule has 0 heterocycles. The zero-order chi connectivity index (χ0) is 13.0. The van der Waals surface area contributed by atoms with Crippen LogP contribution < -0.4 is 5.32 Å². The van der Waals surface area contributed by atoms with Gasteiger partial charge in [-0.1, -0.05) is 12.1 Å². The Morgan fingerprint density at radius 2 is 1.78 bits per heavy atom. The first kappa shape index (κ1) is 14.7. The van der Waals surface area contributed by atoms with E-state index in [1.54, 1.807) is 0 Å². The molecule has 1 aromatic rings. The van der Waals surface area contributed by atoms with Gasteiger partial charge < -0.3 is 5.32 Å². The maximum atomic E-state index is 3.79. The summed E-state index contributed by atoms with van der Waals surface area (Å²) in [6, 6.07) is 10.1. The number of thioether (sulfide) groups is 1. The Morgan fingerprint density at radius 1 is 1.17 bits per heavy atom. The zero-order valence-corrected chi connectivity index (χ0v) is 14.1. The van der Waals surface area contributed by atoms with Gasteiger partial charge in [0, 0.05) is 20.9 Å². The molecule has 18 heavy (non-hydrogen) atoms. The van der Waals surface area contributed by atoms with Gasteiger partial charge in [-0.05, 0) is 79.1 Å². The molecule has 1 atom stereocenters. The van der Waals surface area contributed by atoms with Gasteiger partial charge in [-0.3, -0.25) is 0 Å². The van der Waals surface area contributed by atoms with Crippen molar-refractivity contribution in [3.05, 3.63) is 33.4 Å².